The van der Waals surface area contributed by atoms with Gasteiger partial charge >= 0.3 is 0 Å². The molecule has 0 atom stereocenters. The summed E-state index contributed by atoms with van der Waals surface area (Å²) in [6.07, 6.45) is 0.703. The lowest BCUT2D eigenvalue weighted by molar-refractivity contribution is 0.410. The lowest BCUT2D eigenvalue weighted by Crippen LogP contribution is -2.07. The molecule has 0 unspecified atom stereocenters. The van der Waals surface area contributed by atoms with Crippen molar-refractivity contribution in [1.82, 2.24) is 9.97 Å². The van der Waals surface area contributed by atoms with Crippen LogP contribution in [0.1, 0.15) is 17.0 Å². The van der Waals surface area contributed by atoms with Crippen molar-refractivity contribution < 1.29 is 4.74 Å². The maximum atomic E-state index is 5.45. The molecule has 134 valence electrons. The molecule has 0 fully saturated rings. The second-order valence-corrected chi connectivity index (χ2v) is 6.33. The van der Waals surface area contributed by atoms with Gasteiger partial charge in [0.05, 0.1) is 12.6 Å². The molecule has 0 aliphatic heterocycles. The molecule has 1 N–H and O–H groups in total. The third kappa shape index (κ3) is 3.90. The largest absolute Gasteiger partial charge is 0.496 e. The number of nitrogens with one attached hydrogen (secondary N) is 1. The van der Waals surface area contributed by atoms with Crippen molar-refractivity contribution in [3.05, 3.63) is 95.8 Å². The molecule has 1 heterocycles. The summed E-state index contributed by atoms with van der Waals surface area (Å²) in [4.78, 5) is 9.55. The van der Waals surface area contributed by atoms with Gasteiger partial charge in [0, 0.05) is 23.9 Å². The zero-order chi connectivity index (χ0) is 18.5. The summed E-state index contributed by atoms with van der Waals surface area (Å²) in [5.41, 5.74) is 3.23. The Balaban J connectivity index is 1.66. The van der Waals surface area contributed by atoms with Crippen LogP contribution in [0.3, 0.4) is 0 Å². The Hall–Kier alpha value is -3.40. The van der Waals surface area contributed by atoms with Crippen LogP contribution in [-0.4, -0.2) is 17.1 Å². The monoisotopic (exact) mass is 355 g/mol. The molecule has 0 amide bonds. The summed E-state index contributed by atoms with van der Waals surface area (Å²) in [5.74, 6) is 2.52. The average Bonchev–Trinajstić information content (AvgIpc) is 2.73. The Bertz CT molecular complexity index is 1050. The Morgan fingerprint density at radius 2 is 1.56 bits per heavy atom. The molecule has 3 aromatic carbocycles. The second-order valence-electron chi connectivity index (χ2n) is 6.33. The molecule has 0 radical (unpaired) electrons. The van der Waals surface area contributed by atoms with E-state index in [2.05, 4.69) is 23.5 Å². The van der Waals surface area contributed by atoms with E-state index in [0.29, 0.717) is 13.0 Å². The number of methoxy groups -OCH3 is 1. The molecule has 0 saturated carbocycles. The topological polar surface area (TPSA) is 47.0 Å². The maximum absolute atomic E-state index is 5.45. The van der Waals surface area contributed by atoms with Crippen molar-refractivity contribution in [3.8, 4) is 5.75 Å². The maximum Gasteiger partial charge on any atom is 0.137 e. The van der Waals surface area contributed by atoms with Crippen molar-refractivity contribution >= 4 is 16.7 Å². The molecular formula is C23H21N3O. The van der Waals surface area contributed by atoms with Crippen molar-refractivity contribution in [3.63, 3.8) is 0 Å². The lowest BCUT2D eigenvalue weighted by atomic mass is 10.1. The van der Waals surface area contributed by atoms with E-state index in [4.69, 9.17) is 14.7 Å². The van der Waals surface area contributed by atoms with Crippen LogP contribution < -0.4 is 10.1 Å². The van der Waals surface area contributed by atoms with Gasteiger partial charge in [-0.15, -0.1) is 0 Å². The van der Waals surface area contributed by atoms with Crippen LogP contribution in [0.15, 0.2) is 78.9 Å². The van der Waals surface area contributed by atoms with E-state index >= 15 is 0 Å². The molecule has 0 aliphatic rings. The minimum Gasteiger partial charge on any atom is -0.496 e. The van der Waals surface area contributed by atoms with Gasteiger partial charge in [0.25, 0.3) is 0 Å². The molecule has 4 nitrogen and oxygen atoms in total. The van der Waals surface area contributed by atoms with Gasteiger partial charge in [0.1, 0.15) is 17.4 Å². The standard InChI is InChI=1S/C23H21N3O/c1-27-21-14-8-5-11-18(21)16-24-23-19-12-6-7-13-20(19)25-22(26-23)15-17-9-3-2-4-10-17/h2-14H,15-16H2,1H3,(H,24,25,26). The van der Waals surface area contributed by atoms with Crippen molar-refractivity contribution in [1.29, 1.82) is 0 Å². The molecule has 4 rings (SSSR count). The minimum absolute atomic E-state index is 0.635. The second kappa shape index (κ2) is 7.87. The number of rotatable bonds is 6. The predicted molar refractivity (Wildman–Crippen MR) is 109 cm³/mol. The van der Waals surface area contributed by atoms with E-state index in [1.54, 1.807) is 7.11 Å². The summed E-state index contributed by atoms with van der Waals surface area (Å²) in [7, 11) is 1.69. The smallest absolute Gasteiger partial charge is 0.137 e. The van der Waals surface area contributed by atoms with Gasteiger partial charge < -0.3 is 10.1 Å². The summed E-state index contributed by atoms with van der Waals surface area (Å²) in [6, 6.07) is 26.4. The third-order valence-electron chi connectivity index (χ3n) is 4.49. The fraction of sp³-hybridized carbons (Fsp3) is 0.130. The molecule has 0 aliphatic carbocycles. The molecule has 0 bridgehead atoms. The lowest BCUT2D eigenvalue weighted by Gasteiger charge is -2.13. The Morgan fingerprint density at radius 1 is 0.815 bits per heavy atom. The Labute approximate surface area is 158 Å². The number of fused-ring (bicyclic) bond motifs is 1. The van der Waals surface area contributed by atoms with Crippen LogP contribution >= 0.6 is 0 Å². The highest BCUT2D eigenvalue weighted by Gasteiger charge is 2.09. The van der Waals surface area contributed by atoms with E-state index in [9.17, 15) is 0 Å². The van der Waals surface area contributed by atoms with Crippen LogP contribution in [-0.2, 0) is 13.0 Å². The Kier molecular flexibility index (Phi) is 4.97. The molecule has 4 heteroatoms. The van der Waals surface area contributed by atoms with Gasteiger partial charge in [-0.1, -0.05) is 60.7 Å². The number of anilines is 1. The molecule has 1 aromatic heterocycles. The van der Waals surface area contributed by atoms with Gasteiger partial charge in [-0.2, -0.15) is 0 Å². The van der Waals surface area contributed by atoms with Gasteiger partial charge in [0.15, 0.2) is 0 Å². The van der Waals surface area contributed by atoms with Crippen molar-refractivity contribution in [2.45, 2.75) is 13.0 Å². The molecule has 0 spiro atoms. The van der Waals surface area contributed by atoms with E-state index in [-0.39, 0.29) is 0 Å². The normalized spacial score (nSPS) is 10.7. The van der Waals surface area contributed by atoms with Gasteiger partial charge in [-0.3, -0.25) is 0 Å². The van der Waals surface area contributed by atoms with Crippen LogP contribution in [0.2, 0.25) is 0 Å². The SMILES string of the molecule is COc1ccccc1CNc1nc(Cc2ccccc2)nc2ccccc12. The van der Waals surface area contributed by atoms with Crippen LogP contribution in [0.25, 0.3) is 10.9 Å². The van der Waals surface area contributed by atoms with E-state index < -0.39 is 0 Å². The fourth-order valence-electron chi connectivity index (χ4n) is 3.14. The highest BCUT2D eigenvalue weighted by molar-refractivity contribution is 5.89. The summed E-state index contributed by atoms with van der Waals surface area (Å²) in [6.45, 7) is 0.635. The number of benzene rings is 3. The number of ether oxygens (including phenoxy) is 1. The van der Waals surface area contributed by atoms with Crippen molar-refractivity contribution in [2.24, 2.45) is 0 Å². The number of nitrogens with zero attached hydrogens (tertiary/aromatic N) is 2. The number of hydrogen-bond acceptors (Lipinski definition) is 4. The summed E-state index contributed by atoms with van der Waals surface area (Å²) < 4.78 is 5.45. The van der Waals surface area contributed by atoms with Gasteiger partial charge in [0.2, 0.25) is 0 Å². The minimum atomic E-state index is 0.635. The third-order valence-corrected chi connectivity index (χ3v) is 4.49. The Morgan fingerprint density at radius 3 is 2.41 bits per heavy atom. The fourth-order valence-corrected chi connectivity index (χ4v) is 3.14. The molecular weight excluding hydrogens is 334 g/mol. The zero-order valence-corrected chi connectivity index (χ0v) is 15.2. The zero-order valence-electron chi connectivity index (χ0n) is 15.2. The van der Waals surface area contributed by atoms with E-state index in [1.165, 1.54) is 5.56 Å². The van der Waals surface area contributed by atoms with Gasteiger partial charge in [-0.05, 0) is 23.8 Å². The summed E-state index contributed by atoms with van der Waals surface area (Å²) in [5, 5.41) is 4.49. The first-order valence-corrected chi connectivity index (χ1v) is 8.99. The first kappa shape index (κ1) is 17.0. The number of hydrogen-bond donors (Lipinski definition) is 1. The highest BCUT2D eigenvalue weighted by Crippen LogP contribution is 2.24. The van der Waals surface area contributed by atoms with Crippen LogP contribution in [0.4, 0.5) is 5.82 Å². The van der Waals surface area contributed by atoms with E-state index in [1.807, 2.05) is 60.7 Å². The predicted octanol–water partition coefficient (Wildman–Crippen LogP) is 4.84. The quantitative estimate of drug-likeness (QED) is 0.537. The molecule has 0 saturated heterocycles. The molecule has 27 heavy (non-hydrogen) atoms. The van der Waals surface area contributed by atoms with E-state index in [0.717, 1.165) is 33.9 Å². The summed E-state index contributed by atoms with van der Waals surface area (Å²) >= 11 is 0. The van der Waals surface area contributed by atoms with Gasteiger partial charge in [-0.25, -0.2) is 9.97 Å². The first-order valence-electron chi connectivity index (χ1n) is 8.99. The molecule has 4 aromatic rings. The number of aromatic nitrogens is 2. The van der Waals surface area contributed by atoms with Crippen molar-refractivity contribution in [2.75, 3.05) is 12.4 Å². The highest BCUT2D eigenvalue weighted by atomic mass is 16.5. The number of para-hydroxylation sites is 2. The average molecular weight is 355 g/mol. The van der Waals surface area contributed by atoms with Crippen LogP contribution in [0.5, 0.6) is 5.75 Å². The first-order chi connectivity index (χ1) is 13.3. The van der Waals surface area contributed by atoms with Crippen LogP contribution in [0, 0.1) is 0 Å².